The minimum atomic E-state index is -0.798. The number of hydrogen-bond acceptors (Lipinski definition) is 3. The van der Waals surface area contributed by atoms with E-state index in [0.717, 1.165) is 45.3 Å². The van der Waals surface area contributed by atoms with Gasteiger partial charge in [0.05, 0.1) is 5.41 Å². The molecule has 2 rings (SSSR count). The van der Waals surface area contributed by atoms with Gasteiger partial charge in [0.25, 0.3) is 0 Å². The molecule has 5 nitrogen and oxygen atoms in total. The maximum absolute atomic E-state index is 12.7. The Kier molecular flexibility index (Phi) is 5.25. The highest BCUT2D eigenvalue weighted by atomic mass is 16.4. The largest absolute Gasteiger partial charge is 0.481 e. The molecule has 120 valence electrons. The van der Waals surface area contributed by atoms with Crippen molar-refractivity contribution in [3.8, 4) is 0 Å². The SMILES string of the molecule is CCC1CN(C)CCCN1C(=O)CC1(C(=O)O)CCCC1. The number of nitrogens with zero attached hydrogens (tertiary/aromatic N) is 2. The van der Waals surface area contributed by atoms with E-state index in [1.54, 1.807) is 0 Å². The van der Waals surface area contributed by atoms with Crippen LogP contribution < -0.4 is 0 Å². The van der Waals surface area contributed by atoms with E-state index < -0.39 is 11.4 Å². The number of likely N-dealkylation sites (N-methyl/N-ethyl adjacent to an activating group) is 1. The molecule has 2 aliphatic rings. The van der Waals surface area contributed by atoms with Crippen molar-refractivity contribution in [2.24, 2.45) is 5.41 Å². The van der Waals surface area contributed by atoms with Gasteiger partial charge < -0.3 is 14.9 Å². The summed E-state index contributed by atoms with van der Waals surface area (Å²) in [4.78, 5) is 28.6. The first-order chi connectivity index (χ1) is 9.98. The van der Waals surface area contributed by atoms with Gasteiger partial charge in [-0.1, -0.05) is 19.8 Å². The molecule has 1 aliphatic heterocycles. The Morgan fingerprint density at radius 2 is 1.86 bits per heavy atom. The summed E-state index contributed by atoms with van der Waals surface area (Å²) >= 11 is 0. The highest BCUT2D eigenvalue weighted by Gasteiger charge is 2.44. The fourth-order valence-corrected chi connectivity index (χ4v) is 3.83. The lowest BCUT2D eigenvalue weighted by Gasteiger charge is -2.33. The average molecular weight is 296 g/mol. The standard InChI is InChI=1S/C16H28N2O3/c1-3-13-12-17(2)9-6-10-18(13)14(19)11-16(15(20)21)7-4-5-8-16/h13H,3-12H2,1-2H3,(H,20,21). The van der Waals surface area contributed by atoms with Crippen molar-refractivity contribution in [3.05, 3.63) is 0 Å². The third kappa shape index (κ3) is 3.57. The molecule has 1 saturated heterocycles. The van der Waals surface area contributed by atoms with E-state index in [0.29, 0.717) is 12.8 Å². The summed E-state index contributed by atoms with van der Waals surface area (Å²) in [6.07, 6.45) is 5.24. The molecule has 0 spiro atoms. The molecule has 1 saturated carbocycles. The van der Waals surface area contributed by atoms with E-state index in [2.05, 4.69) is 18.9 Å². The molecule has 1 heterocycles. The van der Waals surface area contributed by atoms with Gasteiger partial charge in [-0.2, -0.15) is 0 Å². The lowest BCUT2D eigenvalue weighted by Crippen LogP contribution is -2.46. The Hall–Kier alpha value is -1.10. The number of aliphatic carboxylic acids is 1. The first kappa shape index (κ1) is 16.3. The van der Waals surface area contributed by atoms with E-state index in [9.17, 15) is 14.7 Å². The van der Waals surface area contributed by atoms with Crippen molar-refractivity contribution in [1.29, 1.82) is 0 Å². The van der Waals surface area contributed by atoms with Crippen LogP contribution in [0.4, 0.5) is 0 Å². The fourth-order valence-electron chi connectivity index (χ4n) is 3.83. The number of carbonyl (C=O) groups is 2. The van der Waals surface area contributed by atoms with Gasteiger partial charge in [-0.25, -0.2) is 0 Å². The molecule has 1 amide bonds. The Morgan fingerprint density at radius 3 is 2.43 bits per heavy atom. The summed E-state index contributed by atoms with van der Waals surface area (Å²) in [5, 5.41) is 9.55. The molecule has 0 aromatic carbocycles. The predicted molar refractivity (Wildman–Crippen MR) is 81.1 cm³/mol. The van der Waals surface area contributed by atoms with Crippen LogP contribution in [0.15, 0.2) is 0 Å². The molecule has 0 aromatic heterocycles. The van der Waals surface area contributed by atoms with Crippen LogP contribution in [-0.4, -0.2) is 59.5 Å². The Bertz CT molecular complexity index is 391. The normalized spacial score (nSPS) is 26.6. The van der Waals surface area contributed by atoms with Crippen LogP contribution in [0, 0.1) is 5.41 Å². The number of carbonyl (C=O) groups excluding carboxylic acids is 1. The number of rotatable bonds is 4. The molecule has 1 N–H and O–H groups in total. The van der Waals surface area contributed by atoms with Crippen molar-refractivity contribution in [2.45, 2.75) is 57.9 Å². The van der Waals surface area contributed by atoms with E-state index in [4.69, 9.17) is 0 Å². The lowest BCUT2D eigenvalue weighted by molar-refractivity contribution is -0.154. The minimum absolute atomic E-state index is 0.0430. The van der Waals surface area contributed by atoms with Crippen LogP contribution in [0.3, 0.4) is 0 Å². The molecule has 1 atom stereocenters. The van der Waals surface area contributed by atoms with E-state index >= 15 is 0 Å². The van der Waals surface area contributed by atoms with Crippen LogP contribution in [0.5, 0.6) is 0 Å². The second kappa shape index (κ2) is 6.77. The molecule has 1 aliphatic carbocycles. The predicted octanol–water partition coefficient (Wildman–Crippen LogP) is 1.96. The van der Waals surface area contributed by atoms with E-state index in [1.165, 1.54) is 0 Å². The summed E-state index contributed by atoms with van der Waals surface area (Å²) in [5.74, 6) is -0.741. The molecular weight excluding hydrogens is 268 g/mol. The molecule has 5 heteroatoms. The number of carboxylic acids is 1. The summed E-state index contributed by atoms with van der Waals surface area (Å²) in [6.45, 7) is 4.76. The third-order valence-electron chi connectivity index (χ3n) is 5.20. The molecule has 21 heavy (non-hydrogen) atoms. The third-order valence-corrected chi connectivity index (χ3v) is 5.20. The number of carboxylic acid groups (broad SMARTS) is 1. The zero-order valence-corrected chi connectivity index (χ0v) is 13.3. The summed E-state index contributed by atoms with van der Waals surface area (Å²) < 4.78 is 0. The second-order valence-corrected chi connectivity index (χ2v) is 6.73. The van der Waals surface area contributed by atoms with Crippen LogP contribution >= 0.6 is 0 Å². The van der Waals surface area contributed by atoms with Gasteiger partial charge in [0.1, 0.15) is 0 Å². The van der Waals surface area contributed by atoms with Gasteiger partial charge in [-0.15, -0.1) is 0 Å². The quantitative estimate of drug-likeness (QED) is 0.861. The topological polar surface area (TPSA) is 60.9 Å². The van der Waals surface area contributed by atoms with Gasteiger partial charge in [-0.05, 0) is 39.3 Å². The van der Waals surface area contributed by atoms with Gasteiger partial charge in [0, 0.05) is 25.6 Å². The van der Waals surface area contributed by atoms with E-state index in [-0.39, 0.29) is 18.4 Å². The average Bonchev–Trinajstić information content (AvgIpc) is 2.82. The van der Waals surface area contributed by atoms with Gasteiger partial charge >= 0.3 is 5.97 Å². The van der Waals surface area contributed by atoms with Crippen LogP contribution in [0.1, 0.15) is 51.9 Å². The molecule has 0 radical (unpaired) electrons. The number of amides is 1. The van der Waals surface area contributed by atoms with Crippen molar-refractivity contribution in [3.63, 3.8) is 0 Å². The van der Waals surface area contributed by atoms with Crippen molar-refractivity contribution >= 4 is 11.9 Å². The Balaban J connectivity index is 2.08. The van der Waals surface area contributed by atoms with Crippen LogP contribution in [0.25, 0.3) is 0 Å². The number of hydrogen-bond donors (Lipinski definition) is 1. The second-order valence-electron chi connectivity index (χ2n) is 6.73. The minimum Gasteiger partial charge on any atom is -0.481 e. The lowest BCUT2D eigenvalue weighted by atomic mass is 9.82. The highest BCUT2D eigenvalue weighted by molar-refractivity contribution is 5.85. The molecule has 1 unspecified atom stereocenters. The highest BCUT2D eigenvalue weighted by Crippen LogP contribution is 2.42. The molecule has 0 aromatic rings. The van der Waals surface area contributed by atoms with Gasteiger partial charge in [0.2, 0.25) is 5.91 Å². The Morgan fingerprint density at radius 1 is 1.19 bits per heavy atom. The monoisotopic (exact) mass is 296 g/mol. The maximum atomic E-state index is 12.7. The van der Waals surface area contributed by atoms with Gasteiger partial charge in [-0.3, -0.25) is 9.59 Å². The zero-order chi connectivity index (χ0) is 15.5. The summed E-state index contributed by atoms with van der Waals surface area (Å²) in [5.41, 5.74) is -0.798. The smallest absolute Gasteiger partial charge is 0.310 e. The van der Waals surface area contributed by atoms with Crippen LogP contribution in [-0.2, 0) is 9.59 Å². The summed E-state index contributed by atoms with van der Waals surface area (Å²) in [6, 6.07) is 0.220. The van der Waals surface area contributed by atoms with Gasteiger partial charge in [0.15, 0.2) is 0 Å². The molecule has 0 bridgehead atoms. The first-order valence-corrected chi connectivity index (χ1v) is 8.20. The zero-order valence-electron chi connectivity index (χ0n) is 13.3. The van der Waals surface area contributed by atoms with E-state index in [1.807, 2.05) is 4.90 Å². The van der Waals surface area contributed by atoms with Crippen molar-refractivity contribution < 1.29 is 14.7 Å². The molecular formula is C16H28N2O3. The van der Waals surface area contributed by atoms with Crippen molar-refractivity contribution in [2.75, 3.05) is 26.7 Å². The Labute approximate surface area is 127 Å². The van der Waals surface area contributed by atoms with Crippen molar-refractivity contribution in [1.82, 2.24) is 9.80 Å². The summed E-state index contributed by atoms with van der Waals surface area (Å²) in [7, 11) is 2.09. The first-order valence-electron chi connectivity index (χ1n) is 8.20. The fraction of sp³-hybridized carbons (Fsp3) is 0.875. The van der Waals surface area contributed by atoms with Crippen LogP contribution in [0.2, 0.25) is 0 Å². The maximum Gasteiger partial charge on any atom is 0.310 e. The molecule has 2 fully saturated rings.